The molecular formula is C23H21F4NO5. The summed E-state index contributed by atoms with van der Waals surface area (Å²) < 4.78 is 61.8. The molecule has 0 saturated heterocycles. The minimum atomic E-state index is -4.88. The van der Waals surface area contributed by atoms with E-state index in [1.54, 1.807) is 13.8 Å². The zero-order valence-electron chi connectivity index (χ0n) is 18.2. The largest absolute Gasteiger partial charge is 0.573 e. The van der Waals surface area contributed by atoms with Crippen molar-refractivity contribution in [3.05, 3.63) is 59.0 Å². The van der Waals surface area contributed by atoms with Crippen LogP contribution in [-0.2, 0) is 4.79 Å². The highest BCUT2D eigenvalue weighted by molar-refractivity contribution is 6.05. The lowest BCUT2D eigenvalue weighted by molar-refractivity contribution is -0.274. The van der Waals surface area contributed by atoms with Crippen molar-refractivity contribution >= 4 is 22.8 Å². The number of halogens is 4. The topological polar surface area (TPSA) is 77.8 Å². The molecule has 176 valence electrons. The molecule has 0 aliphatic rings. The number of fused-ring (bicyclic) bond motifs is 1. The van der Waals surface area contributed by atoms with Gasteiger partial charge in [-0.1, -0.05) is 13.8 Å². The summed E-state index contributed by atoms with van der Waals surface area (Å²) in [6.45, 7) is 4.96. The average Bonchev–Trinajstić information content (AvgIpc) is 2.96. The zero-order valence-corrected chi connectivity index (χ0v) is 18.2. The summed E-state index contributed by atoms with van der Waals surface area (Å²) in [5.41, 5.74) is 0.729. The maximum atomic E-state index is 14.5. The number of carboxylic acids is 1. The van der Waals surface area contributed by atoms with Gasteiger partial charge in [-0.05, 0) is 48.7 Å². The fourth-order valence-corrected chi connectivity index (χ4v) is 3.92. The van der Waals surface area contributed by atoms with Gasteiger partial charge in [0.2, 0.25) is 0 Å². The van der Waals surface area contributed by atoms with Crippen LogP contribution in [0.25, 0.3) is 10.9 Å². The van der Waals surface area contributed by atoms with Crippen LogP contribution in [-0.4, -0.2) is 35.0 Å². The van der Waals surface area contributed by atoms with Crippen molar-refractivity contribution < 1.29 is 41.7 Å². The molecule has 1 aromatic heterocycles. The Morgan fingerprint density at radius 3 is 2.18 bits per heavy atom. The Balaban J connectivity index is 2.22. The predicted octanol–water partition coefficient (Wildman–Crippen LogP) is 5.51. The van der Waals surface area contributed by atoms with Crippen molar-refractivity contribution in [3.8, 4) is 11.5 Å². The first-order valence-electron chi connectivity index (χ1n) is 9.87. The summed E-state index contributed by atoms with van der Waals surface area (Å²) in [6.07, 6.45) is -4.88. The Bertz CT molecular complexity index is 1210. The van der Waals surface area contributed by atoms with Gasteiger partial charge in [0.25, 0.3) is 5.91 Å². The maximum Gasteiger partial charge on any atom is 0.573 e. The first-order chi connectivity index (χ1) is 15.4. The van der Waals surface area contributed by atoms with E-state index in [2.05, 4.69) is 4.74 Å². The van der Waals surface area contributed by atoms with Crippen LogP contribution in [0.1, 0.15) is 41.4 Å². The number of benzene rings is 2. The van der Waals surface area contributed by atoms with Crippen LogP contribution in [0, 0.1) is 18.7 Å². The number of aromatic nitrogens is 1. The molecule has 0 aliphatic carbocycles. The van der Waals surface area contributed by atoms with Crippen molar-refractivity contribution in [2.24, 2.45) is 5.92 Å². The Morgan fingerprint density at radius 2 is 1.70 bits per heavy atom. The Kier molecular flexibility index (Phi) is 6.40. The van der Waals surface area contributed by atoms with E-state index < -0.39 is 35.7 Å². The van der Waals surface area contributed by atoms with E-state index in [4.69, 9.17) is 4.74 Å². The molecule has 3 rings (SSSR count). The first-order valence-corrected chi connectivity index (χ1v) is 9.87. The van der Waals surface area contributed by atoms with Crippen LogP contribution < -0.4 is 9.47 Å². The molecule has 0 radical (unpaired) electrons. The molecule has 33 heavy (non-hydrogen) atoms. The minimum absolute atomic E-state index is 0.00345. The molecule has 0 fully saturated rings. The van der Waals surface area contributed by atoms with Crippen LogP contribution in [0.4, 0.5) is 17.6 Å². The van der Waals surface area contributed by atoms with E-state index in [1.165, 1.54) is 20.1 Å². The second-order valence-electron chi connectivity index (χ2n) is 7.78. The first kappa shape index (κ1) is 24.1. The molecule has 6 nitrogen and oxygen atoms in total. The molecule has 0 amide bonds. The molecule has 2 aromatic carbocycles. The third-order valence-electron chi connectivity index (χ3n) is 5.31. The molecule has 0 aliphatic heterocycles. The monoisotopic (exact) mass is 467 g/mol. The van der Waals surface area contributed by atoms with Crippen molar-refractivity contribution in [1.29, 1.82) is 0 Å². The van der Waals surface area contributed by atoms with E-state index in [9.17, 15) is 32.3 Å². The molecule has 0 spiro atoms. The normalized spacial score (nSPS) is 12.8. The number of nitrogens with zero attached hydrogens (tertiary/aromatic N) is 1. The number of aliphatic carboxylic acids is 1. The van der Waals surface area contributed by atoms with Gasteiger partial charge in [-0.2, -0.15) is 0 Å². The van der Waals surface area contributed by atoms with Gasteiger partial charge in [0, 0.05) is 22.7 Å². The van der Waals surface area contributed by atoms with E-state index in [1.807, 2.05) is 0 Å². The van der Waals surface area contributed by atoms with Crippen molar-refractivity contribution in [1.82, 2.24) is 4.57 Å². The second-order valence-corrected chi connectivity index (χ2v) is 7.78. The van der Waals surface area contributed by atoms with E-state index in [0.29, 0.717) is 10.9 Å². The predicted molar refractivity (Wildman–Crippen MR) is 111 cm³/mol. The standard InChI is InChI=1S/C23H21F4NO5/c1-11(2)19(22(30)31)20-12(3)28(17-10-16(24)18(32-4)9-15(17)20)21(29)13-5-7-14(8-6-13)33-23(25,26)27/h5-11,19H,1-4H3,(H,30,31). The maximum absolute atomic E-state index is 14.5. The zero-order chi connectivity index (χ0) is 24.7. The third kappa shape index (κ3) is 4.64. The Labute approximate surface area is 186 Å². The van der Waals surface area contributed by atoms with E-state index in [-0.39, 0.29) is 28.4 Å². The van der Waals surface area contributed by atoms with Gasteiger partial charge in [-0.25, -0.2) is 4.39 Å². The Hall–Kier alpha value is -3.56. The number of hydrogen-bond acceptors (Lipinski definition) is 4. The summed E-state index contributed by atoms with van der Waals surface area (Å²) in [4.78, 5) is 25.4. The number of alkyl halides is 3. The fourth-order valence-electron chi connectivity index (χ4n) is 3.92. The van der Waals surface area contributed by atoms with Gasteiger partial charge < -0.3 is 14.6 Å². The van der Waals surface area contributed by atoms with Crippen LogP contribution in [0.5, 0.6) is 11.5 Å². The lowest BCUT2D eigenvalue weighted by Crippen LogP contribution is -2.20. The number of ether oxygens (including phenoxy) is 2. The van der Waals surface area contributed by atoms with E-state index in [0.717, 1.165) is 34.9 Å². The SMILES string of the molecule is COc1cc2c(C(C(=O)O)C(C)C)c(C)n(C(=O)c3ccc(OC(F)(F)F)cc3)c2cc1F. The number of carbonyl (C=O) groups is 2. The lowest BCUT2D eigenvalue weighted by atomic mass is 9.86. The highest BCUT2D eigenvalue weighted by atomic mass is 19.4. The smallest absolute Gasteiger partial charge is 0.494 e. The molecule has 1 atom stereocenters. The van der Waals surface area contributed by atoms with Crippen LogP contribution >= 0.6 is 0 Å². The molecule has 0 saturated carbocycles. The molecule has 1 heterocycles. The molecular weight excluding hydrogens is 446 g/mol. The second kappa shape index (κ2) is 8.76. The van der Waals surface area contributed by atoms with Crippen LogP contribution in [0.3, 0.4) is 0 Å². The van der Waals surface area contributed by atoms with Crippen molar-refractivity contribution in [2.45, 2.75) is 33.1 Å². The number of rotatable bonds is 6. The fraction of sp³-hybridized carbons (Fsp3) is 0.304. The summed E-state index contributed by atoms with van der Waals surface area (Å²) in [5.74, 6) is -4.51. The van der Waals surface area contributed by atoms with Gasteiger partial charge in [-0.15, -0.1) is 13.2 Å². The molecule has 3 aromatic rings. The number of carboxylic acid groups (broad SMARTS) is 1. The van der Waals surface area contributed by atoms with Crippen LogP contribution in [0.2, 0.25) is 0 Å². The summed E-state index contributed by atoms with van der Waals surface area (Å²) >= 11 is 0. The quantitative estimate of drug-likeness (QED) is 0.484. The number of carbonyl (C=O) groups excluding carboxylic acids is 1. The highest BCUT2D eigenvalue weighted by Crippen LogP contribution is 2.39. The lowest BCUT2D eigenvalue weighted by Gasteiger charge is -2.17. The van der Waals surface area contributed by atoms with Gasteiger partial charge >= 0.3 is 12.3 Å². The highest BCUT2D eigenvalue weighted by Gasteiger charge is 2.33. The van der Waals surface area contributed by atoms with Gasteiger partial charge in [-0.3, -0.25) is 14.2 Å². The van der Waals surface area contributed by atoms with Gasteiger partial charge in [0.15, 0.2) is 11.6 Å². The molecule has 10 heteroatoms. The van der Waals surface area contributed by atoms with Crippen molar-refractivity contribution in [2.75, 3.05) is 7.11 Å². The Morgan fingerprint density at radius 1 is 1.09 bits per heavy atom. The van der Waals surface area contributed by atoms with Gasteiger partial charge in [0.1, 0.15) is 5.75 Å². The molecule has 0 bridgehead atoms. The minimum Gasteiger partial charge on any atom is -0.494 e. The molecule has 1 N–H and O–H groups in total. The summed E-state index contributed by atoms with van der Waals surface area (Å²) in [5, 5.41) is 10.2. The average molecular weight is 467 g/mol. The van der Waals surface area contributed by atoms with E-state index >= 15 is 0 Å². The number of methoxy groups -OCH3 is 1. The van der Waals surface area contributed by atoms with Crippen LogP contribution in [0.15, 0.2) is 36.4 Å². The van der Waals surface area contributed by atoms with Crippen molar-refractivity contribution in [3.63, 3.8) is 0 Å². The summed E-state index contributed by atoms with van der Waals surface area (Å²) in [6, 6.07) is 6.68. The van der Waals surface area contributed by atoms with Gasteiger partial charge in [0.05, 0.1) is 18.5 Å². The molecule has 1 unspecified atom stereocenters. The summed E-state index contributed by atoms with van der Waals surface area (Å²) in [7, 11) is 1.26. The third-order valence-corrected chi connectivity index (χ3v) is 5.31. The number of hydrogen-bond donors (Lipinski definition) is 1.